The van der Waals surface area contributed by atoms with E-state index in [1.165, 1.54) is 0 Å². The fourth-order valence-corrected chi connectivity index (χ4v) is 1.58. The molecule has 0 spiro atoms. The van der Waals surface area contributed by atoms with E-state index in [2.05, 4.69) is 34.6 Å². The average molecular weight is 239 g/mol. The van der Waals surface area contributed by atoms with Crippen LogP contribution in [-0.2, 0) is 0 Å². The van der Waals surface area contributed by atoms with Gasteiger partial charge in [-0.3, -0.25) is 5.43 Å². The molecule has 96 valence electrons. The summed E-state index contributed by atoms with van der Waals surface area (Å²) in [6.45, 7) is 5.00. The molecule has 0 saturated heterocycles. The second-order valence-electron chi connectivity index (χ2n) is 4.13. The van der Waals surface area contributed by atoms with Gasteiger partial charge in [-0.25, -0.2) is 10.8 Å². The van der Waals surface area contributed by atoms with Crippen LogP contribution in [0.15, 0.2) is 12.3 Å². The van der Waals surface area contributed by atoms with E-state index in [4.69, 9.17) is 5.84 Å². The molecule has 1 heterocycles. The number of aliphatic hydroxyl groups is 1. The van der Waals surface area contributed by atoms with Crippen molar-refractivity contribution in [2.45, 2.75) is 26.7 Å². The molecule has 0 saturated carbocycles. The lowest BCUT2D eigenvalue weighted by atomic mass is 9.83. The fraction of sp³-hybridized carbons (Fsp3) is 0.636. The Balaban J connectivity index is 2.65. The summed E-state index contributed by atoms with van der Waals surface area (Å²) in [4.78, 5) is 8.08. The maximum absolute atomic E-state index is 9.45. The molecular formula is C11H21N5O. The first-order valence-corrected chi connectivity index (χ1v) is 5.84. The van der Waals surface area contributed by atoms with Crippen molar-refractivity contribution in [1.82, 2.24) is 9.97 Å². The number of anilines is 2. The van der Waals surface area contributed by atoms with E-state index in [1.807, 2.05) is 0 Å². The van der Waals surface area contributed by atoms with Crippen LogP contribution in [0.2, 0.25) is 0 Å². The van der Waals surface area contributed by atoms with Crippen LogP contribution in [0.1, 0.15) is 26.7 Å². The number of rotatable bonds is 7. The Morgan fingerprint density at radius 3 is 2.65 bits per heavy atom. The smallest absolute Gasteiger partial charge is 0.239 e. The zero-order valence-electron chi connectivity index (χ0n) is 10.4. The molecule has 0 aliphatic carbocycles. The van der Waals surface area contributed by atoms with E-state index in [0.717, 1.165) is 12.8 Å². The molecule has 6 heteroatoms. The molecular weight excluding hydrogens is 218 g/mol. The van der Waals surface area contributed by atoms with Crippen LogP contribution >= 0.6 is 0 Å². The predicted octanol–water partition coefficient (Wildman–Crippen LogP) is 0.973. The van der Waals surface area contributed by atoms with Gasteiger partial charge in [0.2, 0.25) is 5.95 Å². The molecule has 0 bridgehead atoms. The van der Waals surface area contributed by atoms with E-state index < -0.39 is 0 Å². The number of nitrogens with one attached hydrogen (secondary N) is 2. The van der Waals surface area contributed by atoms with Gasteiger partial charge in [-0.15, -0.1) is 0 Å². The SMILES string of the molecule is CCC(CC)(CO)CNc1ccnc(NN)n1. The van der Waals surface area contributed by atoms with E-state index in [9.17, 15) is 5.11 Å². The van der Waals surface area contributed by atoms with Crippen molar-refractivity contribution in [3.05, 3.63) is 12.3 Å². The minimum absolute atomic E-state index is 0.0960. The first kappa shape index (κ1) is 13.7. The number of hydrogen-bond donors (Lipinski definition) is 4. The Hall–Kier alpha value is -1.40. The molecule has 6 nitrogen and oxygen atoms in total. The van der Waals surface area contributed by atoms with Crippen LogP contribution < -0.4 is 16.6 Å². The van der Waals surface area contributed by atoms with E-state index in [0.29, 0.717) is 18.3 Å². The summed E-state index contributed by atoms with van der Waals surface area (Å²) >= 11 is 0. The minimum atomic E-state index is -0.0960. The van der Waals surface area contributed by atoms with Gasteiger partial charge in [-0.05, 0) is 18.9 Å². The molecule has 1 aromatic heterocycles. The van der Waals surface area contributed by atoms with E-state index in [1.54, 1.807) is 12.3 Å². The maximum atomic E-state index is 9.45. The normalized spacial score (nSPS) is 11.3. The predicted molar refractivity (Wildman–Crippen MR) is 68.4 cm³/mol. The van der Waals surface area contributed by atoms with Gasteiger partial charge in [-0.1, -0.05) is 13.8 Å². The second-order valence-corrected chi connectivity index (χ2v) is 4.13. The molecule has 0 unspecified atom stereocenters. The lowest BCUT2D eigenvalue weighted by molar-refractivity contribution is 0.127. The number of nitrogens with zero attached hydrogens (tertiary/aromatic N) is 2. The van der Waals surface area contributed by atoms with Gasteiger partial charge in [0.15, 0.2) is 0 Å². The van der Waals surface area contributed by atoms with Crippen LogP contribution in [0.3, 0.4) is 0 Å². The van der Waals surface area contributed by atoms with Crippen molar-refractivity contribution >= 4 is 11.8 Å². The lowest BCUT2D eigenvalue weighted by Crippen LogP contribution is -2.32. The van der Waals surface area contributed by atoms with Crippen molar-refractivity contribution < 1.29 is 5.11 Å². The molecule has 5 N–H and O–H groups in total. The summed E-state index contributed by atoms with van der Waals surface area (Å²) in [6, 6.07) is 1.77. The van der Waals surface area contributed by atoms with Gasteiger partial charge in [0.05, 0.1) is 6.61 Å². The van der Waals surface area contributed by atoms with Crippen LogP contribution in [0, 0.1) is 5.41 Å². The number of nitrogen functional groups attached to an aromatic ring is 1. The van der Waals surface area contributed by atoms with Crippen molar-refractivity contribution in [2.75, 3.05) is 23.9 Å². The Morgan fingerprint density at radius 1 is 1.41 bits per heavy atom. The van der Waals surface area contributed by atoms with E-state index in [-0.39, 0.29) is 12.0 Å². The highest BCUT2D eigenvalue weighted by Crippen LogP contribution is 2.25. The summed E-state index contributed by atoms with van der Waals surface area (Å²) in [7, 11) is 0. The summed E-state index contributed by atoms with van der Waals surface area (Å²) in [5, 5.41) is 12.7. The highest BCUT2D eigenvalue weighted by Gasteiger charge is 2.24. The van der Waals surface area contributed by atoms with Crippen LogP contribution in [-0.4, -0.2) is 28.2 Å². The molecule has 0 aliphatic heterocycles. The van der Waals surface area contributed by atoms with Crippen LogP contribution in [0.5, 0.6) is 0 Å². The Labute approximate surface area is 102 Å². The molecule has 0 aliphatic rings. The number of hydrazine groups is 1. The number of aromatic nitrogens is 2. The molecule has 1 rings (SSSR count). The Kier molecular flexibility index (Phi) is 5.11. The number of hydrogen-bond acceptors (Lipinski definition) is 6. The maximum Gasteiger partial charge on any atom is 0.239 e. The largest absolute Gasteiger partial charge is 0.396 e. The highest BCUT2D eigenvalue weighted by molar-refractivity contribution is 5.39. The van der Waals surface area contributed by atoms with Gasteiger partial charge >= 0.3 is 0 Å². The summed E-state index contributed by atoms with van der Waals surface area (Å²) < 4.78 is 0. The zero-order valence-corrected chi connectivity index (χ0v) is 10.4. The van der Waals surface area contributed by atoms with Crippen molar-refractivity contribution in [3.63, 3.8) is 0 Å². The summed E-state index contributed by atoms with van der Waals surface area (Å²) in [6.07, 6.45) is 3.46. The number of nitrogens with two attached hydrogens (primary N) is 1. The van der Waals surface area contributed by atoms with Gasteiger partial charge < -0.3 is 10.4 Å². The van der Waals surface area contributed by atoms with Crippen molar-refractivity contribution in [1.29, 1.82) is 0 Å². The molecule has 0 radical (unpaired) electrons. The summed E-state index contributed by atoms with van der Waals surface area (Å²) in [5.41, 5.74) is 2.30. The standard InChI is InChI=1S/C11H21N5O/c1-3-11(4-2,8-17)7-14-9-5-6-13-10(15-9)16-12/h5-6,17H,3-4,7-8,12H2,1-2H3,(H2,13,14,15,16). The fourth-order valence-electron chi connectivity index (χ4n) is 1.58. The third-order valence-corrected chi connectivity index (χ3v) is 3.26. The first-order chi connectivity index (χ1) is 8.19. The van der Waals surface area contributed by atoms with Crippen molar-refractivity contribution in [2.24, 2.45) is 11.3 Å². The molecule has 0 atom stereocenters. The van der Waals surface area contributed by atoms with Gasteiger partial charge in [-0.2, -0.15) is 4.98 Å². The third kappa shape index (κ3) is 3.54. The van der Waals surface area contributed by atoms with Crippen molar-refractivity contribution in [3.8, 4) is 0 Å². The highest BCUT2D eigenvalue weighted by atomic mass is 16.3. The number of aliphatic hydroxyl groups excluding tert-OH is 1. The molecule has 0 fully saturated rings. The first-order valence-electron chi connectivity index (χ1n) is 5.84. The van der Waals surface area contributed by atoms with Crippen LogP contribution in [0.25, 0.3) is 0 Å². The van der Waals surface area contributed by atoms with Gasteiger partial charge in [0.1, 0.15) is 5.82 Å². The topological polar surface area (TPSA) is 96.1 Å². The quantitative estimate of drug-likeness (QED) is 0.418. The lowest BCUT2D eigenvalue weighted by Gasteiger charge is -2.29. The van der Waals surface area contributed by atoms with Gasteiger partial charge in [0.25, 0.3) is 0 Å². The average Bonchev–Trinajstić information content (AvgIpc) is 2.41. The Morgan fingerprint density at radius 2 is 2.12 bits per heavy atom. The molecule has 0 amide bonds. The molecule has 17 heavy (non-hydrogen) atoms. The zero-order chi connectivity index (χ0) is 12.7. The molecule has 0 aromatic carbocycles. The Bertz CT molecular complexity index is 332. The third-order valence-electron chi connectivity index (χ3n) is 3.26. The summed E-state index contributed by atoms with van der Waals surface area (Å²) in [5.74, 6) is 6.31. The second kappa shape index (κ2) is 6.36. The van der Waals surface area contributed by atoms with Crippen LogP contribution in [0.4, 0.5) is 11.8 Å². The molecule has 1 aromatic rings. The minimum Gasteiger partial charge on any atom is -0.396 e. The monoisotopic (exact) mass is 239 g/mol. The van der Waals surface area contributed by atoms with E-state index >= 15 is 0 Å². The van der Waals surface area contributed by atoms with Gasteiger partial charge in [0, 0.05) is 18.2 Å².